The maximum atomic E-state index is 5.51. The largest absolute Gasteiger partial charge is 0.379 e. The van der Waals surface area contributed by atoms with Gasteiger partial charge >= 0.3 is 0 Å². The molecule has 0 bridgehead atoms. The Morgan fingerprint density at radius 2 is 1.97 bits per heavy atom. The Kier molecular flexibility index (Phi) is 4.50. The molecule has 0 spiro atoms. The number of aryl methyl sites for hydroxylation is 2. The maximum absolute atomic E-state index is 5.51. The Morgan fingerprint density at radius 1 is 1.07 bits per heavy atom. The molecule has 3 aromatic heterocycles. The zero-order valence-corrected chi connectivity index (χ0v) is 17.4. The van der Waals surface area contributed by atoms with Crippen LogP contribution in [0.2, 0.25) is 0 Å². The van der Waals surface area contributed by atoms with Crippen LogP contribution in [0.15, 0.2) is 6.20 Å². The average Bonchev–Trinajstić information content (AvgIpc) is 3.37. The molecule has 1 fully saturated rings. The first-order chi connectivity index (χ1) is 14.3. The molecule has 29 heavy (non-hydrogen) atoms. The van der Waals surface area contributed by atoms with E-state index in [1.165, 1.54) is 57.6 Å². The van der Waals surface area contributed by atoms with Gasteiger partial charge in [0.15, 0.2) is 0 Å². The van der Waals surface area contributed by atoms with Crippen LogP contribution < -0.4 is 4.90 Å². The number of thiophene rings is 1. The van der Waals surface area contributed by atoms with E-state index in [2.05, 4.69) is 20.0 Å². The molecule has 8 heteroatoms. The molecule has 3 aromatic rings. The van der Waals surface area contributed by atoms with Crippen LogP contribution in [-0.4, -0.2) is 57.9 Å². The molecule has 1 N–H and O–H groups in total. The predicted octanol–water partition coefficient (Wildman–Crippen LogP) is 2.69. The standard InChI is InChI=1S/C21H26N6OS/c1-2-4-17-15(3-1)19-20(27-6-5-16-14(12-27)11-22-25-16)23-18(24-21(19)29-17)13-26-7-9-28-10-8-26/h11H,1-10,12-13H2,(H,22,25). The van der Waals surface area contributed by atoms with Crippen molar-refractivity contribution in [3.05, 3.63) is 33.7 Å². The van der Waals surface area contributed by atoms with Gasteiger partial charge in [-0.1, -0.05) is 0 Å². The first-order valence-electron chi connectivity index (χ1n) is 10.7. The molecule has 0 unspecified atom stereocenters. The molecule has 5 heterocycles. The fourth-order valence-electron chi connectivity index (χ4n) is 4.84. The molecule has 0 amide bonds. The van der Waals surface area contributed by atoms with Gasteiger partial charge in [-0.3, -0.25) is 10.00 Å². The summed E-state index contributed by atoms with van der Waals surface area (Å²) >= 11 is 1.90. The normalized spacial score (nSPS) is 20.1. The van der Waals surface area contributed by atoms with Gasteiger partial charge < -0.3 is 9.64 Å². The van der Waals surface area contributed by atoms with E-state index in [4.69, 9.17) is 14.7 Å². The maximum Gasteiger partial charge on any atom is 0.146 e. The smallest absolute Gasteiger partial charge is 0.146 e. The number of aromatic amines is 1. The minimum absolute atomic E-state index is 0.803. The summed E-state index contributed by atoms with van der Waals surface area (Å²) in [7, 11) is 0. The second-order valence-corrected chi connectivity index (χ2v) is 9.37. The lowest BCUT2D eigenvalue weighted by Gasteiger charge is -2.30. The molecule has 0 radical (unpaired) electrons. The van der Waals surface area contributed by atoms with Crippen LogP contribution in [0.1, 0.15) is 40.4 Å². The summed E-state index contributed by atoms with van der Waals surface area (Å²) in [6.45, 7) is 6.18. The van der Waals surface area contributed by atoms with Crippen molar-refractivity contribution >= 4 is 27.4 Å². The Morgan fingerprint density at radius 3 is 2.90 bits per heavy atom. The fourth-order valence-corrected chi connectivity index (χ4v) is 6.12. The number of H-pyrrole nitrogens is 1. The van der Waals surface area contributed by atoms with E-state index in [9.17, 15) is 0 Å². The fraction of sp³-hybridized carbons (Fsp3) is 0.571. The summed E-state index contributed by atoms with van der Waals surface area (Å²) in [5, 5.41) is 8.72. The number of fused-ring (bicyclic) bond motifs is 4. The van der Waals surface area contributed by atoms with E-state index < -0.39 is 0 Å². The van der Waals surface area contributed by atoms with Crippen LogP contribution in [-0.2, 0) is 37.1 Å². The Labute approximate surface area is 174 Å². The van der Waals surface area contributed by atoms with E-state index in [-0.39, 0.29) is 0 Å². The van der Waals surface area contributed by atoms with E-state index >= 15 is 0 Å². The zero-order valence-electron chi connectivity index (χ0n) is 16.6. The number of hydrogen-bond donors (Lipinski definition) is 1. The molecular formula is C21H26N6OS. The van der Waals surface area contributed by atoms with Crippen molar-refractivity contribution in [3.63, 3.8) is 0 Å². The molecule has 0 atom stereocenters. The van der Waals surface area contributed by atoms with E-state index in [0.29, 0.717) is 0 Å². The van der Waals surface area contributed by atoms with Gasteiger partial charge in [-0.2, -0.15) is 5.10 Å². The van der Waals surface area contributed by atoms with E-state index in [1.54, 1.807) is 0 Å². The summed E-state index contributed by atoms with van der Waals surface area (Å²) in [5.74, 6) is 2.09. The number of aromatic nitrogens is 4. The zero-order chi connectivity index (χ0) is 19.2. The van der Waals surface area contributed by atoms with Crippen LogP contribution in [0.25, 0.3) is 10.2 Å². The number of rotatable bonds is 3. The summed E-state index contributed by atoms with van der Waals surface area (Å²) < 4.78 is 5.51. The monoisotopic (exact) mass is 410 g/mol. The highest BCUT2D eigenvalue weighted by Crippen LogP contribution is 2.40. The van der Waals surface area contributed by atoms with Crippen LogP contribution >= 0.6 is 11.3 Å². The van der Waals surface area contributed by atoms with Crippen molar-refractivity contribution < 1.29 is 4.74 Å². The molecule has 1 saturated heterocycles. The number of morpholine rings is 1. The lowest BCUT2D eigenvalue weighted by molar-refractivity contribution is 0.0331. The molecule has 7 nitrogen and oxygen atoms in total. The molecule has 152 valence electrons. The van der Waals surface area contributed by atoms with Gasteiger partial charge in [0.05, 0.1) is 31.3 Å². The third-order valence-electron chi connectivity index (χ3n) is 6.41. The van der Waals surface area contributed by atoms with Crippen molar-refractivity contribution in [2.24, 2.45) is 0 Å². The minimum atomic E-state index is 0.803. The second kappa shape index (κ2) is 7.34. The topological polar surface area (TPSA) is 70.2 Å². The summed E-state index contributed by atoms with van der Waals surface area (Å²) in [6, 6.07) is 0. The molecule has 6 rings (SSSR count). The molecule has 2 aliphatic heterocycles. The highest BCUT2D eigenvalue weighted by molar-refractivity contribution is 7.19. The third-order valence-corrected chi connectivity index (χ3v) is 7.60. The first-order valence-corrected chi connectivity index (χ1v) is 11.5. The minimum Gasteiger partial charge on any atom is -0.379 e. The Balaban J connectivity index is 1.43. The van der Waals surface area contributed by atoms with Crippen LogP contribution in [0.4, 0.5) is 5.82 Å². The molecule has 0 saturated carbocycles. The van der Waals surface area contributed by atoms with Crippen LogP contribution in [0, 0.1) is 0 Å². The second-order valence-electron chi connectivity index (χ2n) is 8.29. The Hall–Kier alpha value is -2.03. The Bertz CT molecular complexity index is 1040. The van der Waals surface area contributed by atoms with Crippen LogP contribution in [0.5, 0.6) is 0 Å². The van der Waals surface area contributed by atoms with E-state index in [1.807, 2.05) is 17.5 Å². The van der Waals surface area contributed by atoms with E-state index in [0.717, 1.165) is 64.0 Å². The molecule has 1 aliphatic carbocycles. The van der Waals surface area contributed by atoms with Gasteiger partial charge in [0, 0.05) is 48.7 Å². The molecule has 3 aliphatic rings. The van der Waals surface area contributed by atoms with Gasteiger partial charge in [0.1, 0.15) is 16.5 Å². The van der Waals surface area contributed by atoms with Crippen molar-refractivity contribution in [3.8, 4) is 0 Å². The lowest BCUT2D eigenvalue weighted by Crippen LogP contribution is -2.36. The van der Waals surface area contributed by atoms with Gasteiger partial charge in [0.2, 0.25) is 0 Å². The number of nitrogens with zero attached hydrogens (tertiary/aromatic N) is 5. The third kappa shape index (κ3) is 3.23. The van der Waals surface area contributed by atoms with Gasteiger partial charge in [-0.05, 0) is 31.2 Å². The van der Waals surface area contributed by atoms with Crippen LogP contribution in [0.3, 0.4) is 0 Å². The summed E-state index contributed by atoms with van der Waals surface area (Å²) in [5.41, 5.74) is 4.08. The molecule has 0 aromatic carbocycles. The van der Waals surface area contributed by atoms with Gasteiger partial charge in [-0.25, -0.2) is 9.97 Å². The number of ether oxygens (including phenoxy) is 1. The van der Waals surface area contributed by atoms with Crippen molar-refractivity contribution in [1.29, 1.82) is 0 Å². The number of nitrogens with one attached hydrogen (secondary N) is 1. The summed E-state index contributed by atoms with van der Waals surface area (Å²) in [6.07, 6.45) is 7.90. The number of anilines is 1. The predicted molar refractivity (Wildman–Crippen MR) is 113 cm³/mol. The van der Waals surface area contributed by atoms with Gasteiger partial charge in [-0.15, -0.1) is 11.3 Å². The van der Waals surface area contributed by atoms with Gasteiger partial charge in [0.25, 0.3) is 0 Å². The lowest BCUT2D eigenvalue weighted by atomic mass is 9.96. The highest BCUT2D eigenvalue weighted by atomic mass is 32.1. The quantitative estimate of drug-likeness (QED) is 0.716. The first kappa shape index (κ1) is 17.8. The molecular weight excluding hydrogens is 384 g/mol. The van der Waals surface area contributed by atoms with Crippen molar-refractivity contribution in [1.82, 2.24) is 25.1 Å². The van der Waals surface area contributed by atoms with Crippen molar-refractivity contribution in [2.45, 2.75) is 45.2 Å². The average molecular weight is 411 g/mol. The SMILES string of the molecule is c1n[nH]c2c1CN(c1nc(CN3CCOCC3)nc3sc4c(c13)CCCC4)CC2. The highest BCUT2D eigenvalue weighted by Gasteiger charge is 2.27. The number of hydrogen-bond acceptors (Lipinski definition) is 7. The van der Waals surface area contributed by atoms with Crippen molar-refractivity contribution in [2.75, 3.05) is 37.7 Å². The summed E-state index contributed by atoms with van der Waals surface area (Å²) in [4.78, 5) is 17.8.